The summed E-state index contributed by atoms with van der Waals surface area (Å²) >= 11 is 0. The van der Waals surface area contributed by atoms with Crippen LogP contribution in [0.3, 0.4) is 0 Å². The normalized spacial score (nSPS) is 40.6. The molecule has 0 N–H and O–H groups in total. The Labute approximate surface area is 50.5 Å². The monoisotopic (exact) mass is 133 g/mol. The summed E-state index contributed by atoms with van der Waals surface area (Å²) in [5.41, 5.74) is 0. The van der Waals surface area contributed by atoms with Crippen LogP contribution in [-0.2, 0) is 9.52 Å². The van der Waals surface area contributed by atoms with Crippen LogP contribution >= 0.6 is 0 Å². The van der Waals surface area contributed by atoms with E-state index >= 15 is 0 Å². The summed E-state index contributed by atoms with van der Waals surface area (Å²) in [4.78, 5) is 2.05. The first kappa shape index (κ1) is 6.11. The number of rotatable bonds is 0. The fraction of sp³-hybridized carbons (Fsp3) is 0.800. The van der Waals surface area contributed by atoms with Gasteiger partial charge < -0.3 is 0 Å². The molecule has 2 nitrogen and oxygen atoms in total. The summed E-state index contributed by atoms with van der Waals surface area (Å²) in [6.07, 6.45) is 0. The lowest BCUT2D eigenvalue weighted by Gasteiger charge is -2.01. The van der Waals surface area contributed by atoms with E-state index in [0.717, 1.165) is 12.3 Å². The molecule has 1 saturated heterocycles. The SMILES string of the molecule is C=S1(=O)CCN(C)C1. The lowest BCUT2D eigenvalue weighted by Crippen LogP contribution is -2.13. The maximum absolute atomic E-state index is 11.0. The smallest absolute Gasteiger partial charge is 0.0668 e. The van der Waals surface area contributed by atoms with Gasteiger partial charge in [-0.1, -0.05) is 0 Å². The van der Waals surface area contributed by atoms with Gasteiger partial charge in [-0.15, -0.1) is 0 Å². The molecule has 0 amide bonds. The third-order valence-electron chi connectivity index (χ3n) is 1.30. The summed E-state index contributed by atoms with van der Waals surface area (Å²) in [6.45, 7) is 0.947. The molecule has 1 aliphatic heterocycles. The van der Waals surface area contributed by atoms with Gasteiger partial charge in [0.1, 0.15) is 0 Å². The molecule has 1 fully saturated rings. The summed E-state index contributed by atoms with van der Waals surface area (Å²) in [5.74, 6) is 5.07. The van der Waals surface area contributed by atoms with Gasteiger partial charge in [-0.3, -0.25) is 9.11 Å². The summed E-state index contributed by atoms with van der Waals surface area (Å²) in [5, 5.41) is 0. The van der Waals surface area contributed by atoms with Gasteiger partial charge in [0.15, 0.2) is 0 Å². The minimum absolute atomic E-state index is 0.688. The van der Waals surface area contributed by atoms with Crippen molar-refractivity contribution in [2.45, 2.75) is 0 Å². The first-order chi connectivity index (χ1) is 3.60. The van der Waals surface area contributed by atoms with Gasteiger partial charge in [-0.05, 0) is 22.4 Å². The third kappa shape index (κ3) is 1.23. The van der Waals surface area contributed by atoms with Crippen molar-refractivity contribution in [2.24, 2.45) is 0 Å². The average Bonchev–Trinajstić information content (AvgIpc) is 1.82. The summed E-state index contributed by atoms with van der Waals surface area (Å²) in [6, 6.07) is 0. The van der Waals surface area contributed by atoms with Crippen molar-refractivity contribution >= 4 is 15.4 Å². The first-order valence-electron chi connectivity index (χ1n) is 2.61. The Bertz CT molecular complexity index is 171. The molecule has 1 heterocycles. The predicted octanol–water partition coefficient (Wildman–Crippen LogP) is -0.394. The van der Waals surface area contributed by atoms with Crippen LogP contribution in [0.5, 0.6) is 0 Å². The van der Waals surface area contributed by atoms with E-state index in [1.54, 1.807) is 0 Å². The van der Waals surface area contributed by atoms with Crippen molar-refractivity contribution < 1.29 is 4.21 Å². The van der Waals surface area contributed by atoms with Crippen molar-refractivity contribution in [2.75, 3.05) is 25.2 Å². The zero-order valence-electron chi connectivity index (χ0n) is 5.09. The first-order valence-corrected chi connectivity index (χ1v) is 4.68. The summed E-state index contributed by atoms with van der Waals surface area (Å²) < 4.78 is 11.0. The molecule has 1 aliphatic rings. The molecule has 0 saturated carbocycles. The van der Waals surface area contributed by atoms with Gasteiger partial charge in [0.05, 0.1) is 5.88 Å². The van der Waals surface area contributed by atoms with Crippen molar-refractivity contribution in [1.82, 2.24) is 4.90 Å². The highest BCUT2D eigenvalue weighted by atomic mass is 32.2. The Hall–Kier alpha value is -0.0200. The van der Waals surface area contributed by atoms with Gasteiger partial charge in [0.2, 0.25) is 0 Å². The Morgan fingerprint density at radius 3 is 2.50 bits per heavy atom. The predicted molar refractivity (Wildman–Crippen MR) is 37.6 cm³/mol. The average molecular weight is 133 g/mol. The second-order valence-corrected chi connectivity index (χ2v) is 4.98. The van der Waals surface area contributed by atoms with Gasteiger partial charge in [0.25, 0.3) is 0 Å². The van der Waals surface area contributed by atoms with Gasteiger partial charge in [-0.2, -0.15) is 0 Å². The highest BCUT2D eigenvalue weighted by Crippen LogP contribution is 2.02. The van der Waals surface area contributed by atoms with Crippen molar-refractivity contribution in [3.63, 3.8) is 0 Å². The van der Waals surface area contributed by atoms with Crippen LogP contribution in [0.1, 0.15) is 0 Å². The number of nitrogens with zero attached hydrogens (tertiary/aromatic N) is 1. The Kier molecular flexibility index (Phi) is 1.33. The molecule has 3 heteroatoms. The minimum Gasteiger partial charge on any atom is -0.295 e. The topological polar surface area (TPSA) is 20.3 Å². The van der Waals surface area contributed by atoms with E-state index in [9.17, 15) is 4.21 Å². The van der Waals surface area contributed by atoms with E-state index in [-0.39, 0.29) is 0 Å². The molecule has 0 radical (unpaired) electrons. The lowest BCUT2D eigenvalue weighted by atomic mass is 10.7. The molecule has 8 heavy (non-hydrogen) atoms. The molecule has 0 aliphatic carbocycles. The fourth-order valence-electron chi connectivity index (χ4n) is 0.853. The Morgan fingerprint density at radius 1 is 1.75 bits per heavy atom. The molecular formula is C5H11NOS. The molecule has 0 spiro atoms. The molecule has 0 aromatic rings. The highest BCUT2D eigenvalue weighted by molar-refractivity contribution is 8.00. The van der Waals surface area contributed by atoms with Crippen LogP contribution in [-0.4, -0.2) is 40.2 Å². The lowest BCUT2D eigenvalue weighted by molar-refractivity contribution is 0.437. The molecule has 0 aromatic carbocycles. The second kappa shape index (κ2) is 1.74. The minimum atomic E-state index is -1.67. The van der Waals surface area contributed by atoms with Crippen LogP contribution in [0.2, 0.25) is 0 Å². The number of hydrogen-bond acceptors (Lipinski definition) is 2. The van der Waals surface area contributed by atoms with E-state index in [1.165, 1.54) is 0 Å². The molecule has 1 rings (SSSR count). The van der Waals surface area contributed by atoms with Crippen molar-refractivity contribution in [3.05, 3.63) is 0 Å². The maximum Gasteiger partial charge on any atom is 0.0668 e. The highest BCUT2D eigenvalue weighted by Gasteiger charge is 2.15. The van der Waals surface area contributed by atoms with Crippen molar-refractivity contribution in [3.8, 4) is 0 Å². The molecular weight excluding hydrogens is 122 g/mol. The molecule has 1 unspecified atom stereocenters. The fourth-order valence-corrected chi connectivity index (χ4v) is 2.56. The Balaban J connectivity index is 2.71. The van der Waals surface area contributed by atoms with E-state index in [1.807, 2.05) is 7.05 Å². The number of hydrogen-bond donors (Lipinski definition) is 0. The van der Waals surface area contributed by atoms with Crippen LogP contribution in [0.15, 0.2) is 0 Å². The van der Waals surface area contributed by atoms with E-state index < -0.39 is 9.52 Å². The van der Waals surface area contributed by atoms with Gasteiger partial charge in [0, 0.05) is 12.3 Å². The second-order valence-electron chi connectivity index (χ2n) is 2.38. The zero-order chi connectivity index (χ0) is 6.20. The van der Waals surface area contributed by atoms with Crippen molar-refractivity contribution in [1.29, 1.82) is 0 Å². The van der Waals surface area contributed by atoms with Crippen LogP contribution < -0.4 is 0 Å². The zero-order valence-corrected chi connectivity index (χ0v) is 5.91. The summed E-state index contributed by atoms with van der Waals surface area (Å²) in [7, 11) is 0.301. The van der Waals surface area contributed by atoms with E-state index in [2.05, 4.69) is 10.8 Å². The third-order valence-corrected chi connectivity index (χ3v) is 3.14. The van der Waals surface area contributed by atoms with Crippen LogP contribution in [0.25, 0.3) is 0 Å². The van der Waals surface area contributed by atoms with Crippen LogP contribution in [0.4, 0.5) is 0 Å². The maximum atomic E-state index is 11.0. The largest absolute Gasteiger partial charge is 0.295 e. The molecule has 1 atom stereocenters. The molecule has 0 aromatic heterocycles. The van der Waals surface area contributed by atoms with E-state index in [4.69, 9.17) is 0 Å². The molecule has 0 bridgehead atoms. The Morgan fingerprint density at radius 2 is 2.38 bits per heavy atom. The quantitative estimate of drug-likeness (QED) is 0.419. The standard InChI is InChI=1S/C5H11NOS/c1-6-3-4-8(2,7)5-6/h2-5H2,1H3. The van der Waals surface area contributed by atoms with Gasteiger partial charge in [-0.25, -0.2) is 0 Å². The van der Waals surface area contributed by atoms with E-state index in [0.29, 0.717) is 5.88 Å². The van der Waals surface area contributed by atoms with Crippen LogP contribution in [0, 0.1) is 0 Å². The molecule has 48 valence electrons. The van der Waals surface area contributed by atoms with Gasteiger partial charge >= 0.3 is 0 Å².